The average molecular weight is 361 g/mol. The molecule has 5 nitrogen and oxygen atoms in total. The number of aryl methyl sites for hydroxylation is 2. The molecule has 0 spiro atoms. The van der Waals surface area contributed by atoms with Gasteiger partial charge < -0.3 is 14.6 Å². The summed E-state index contributed by atoms with van der Waals surface area (Å²) in [5.41, 5.74) is 3.98. The average Bonchev–Trinajstić information content (AvgIpc) is 3.33. The van der Waals surface area contributed by atoms with E-state index in [9.17, 15) is 9.59 Å². The van der Waals surface area contributed by atoms with Crippen LogP contribution in [0.4, 0.5) is 5.69 Å². The number of halogens is 1. The summed E-state index contributed by atoms with van der Waals surface area (Å²) < 4.78 is 7.36. The molecule has 6 heteroatoms. The monoisotopic (exact) mass is 360 g/mol. The fraction of sp³-hybridized carbons (Fsp3) is 0.368. The number of hydrogen-bond donors (Lipinski definition) is 1. The standard InChI is InChI=1S/C19H21ClN2O3/c1-11-8-14(20)4-7-17(11)21-18(23)10-25-19(24)16-9-12(2)22(13(16)3)15-5-6-15/h4,7-9,15H,5-6,10H2,1-3H3,(H,21,23). The van der Waals surface area contributed by atoms with Crippen molar-refractivity contribution in [2.45, 2.75) is 39.7 Å². The van der Waals surface area contributed by atoms with Crippen molar-refractivity contribution in [3.8, 4) is 0 Å². The number of nitrogens with one attached hydrogen (secondary N) is 1. The van der Waals surface area contributed by atoms with Crippen molar-refractivity contribution < 1.29 is 14.3 Å². The molecule has 0 radical (unpaired) electrons. The van der Waals surface area contributed by atoms with Crippen LogP contribution in [0.5, 0.6) is 0 Å². The lowest BCUT2D eigenvalue weighted by molar-refractivity contribution is -0.119. The zero-order valence-corrected chi connectivity index (χ0v) is 15.3. The number of carbonyl (C=O) groups excluding carboxylic acids is 2. The topological polar surface area (TPSA) is 60.3 Å². The molecule has 0 atom stereocenters. The van der Waals surface area contributed by atoms with Crippen LogP contribution < -0.4 is 5.32 Å². The second-order valence-corrected chi connectivity index (χ2v) is 6.91. The van der Waals surface area contributed by atoms with Crippen molar-refractivity contribution in [2.24, 2.45) is 0 Å². The third-order valence-corrected chi connectivity index (χ3v) is 4.65. The highest BCUT2D eigenvalue weighted by Crippen LogP contribution is 2.38. The number of carbonyl (C=O) groups is 2. The Hall–Kier alpha value is -2.27. The number of anilines is 1. The summed E-state index contributed by atoms with van der Waals surface area (Å²) >= 11 is 5.90. The molecule has 0 saturated heterocycles. The minimum atomic E-state index is -0.469. The minimum Gasteiger partial charge on any atom is -0.452 e. The van der Waals surface area contributed by atoms with Gasteiger partial charge in [-0.05, 0) is 63.4 Å². The first-order valence-electron chi connectivity index (χ1n) is 8.28. The number of rotatable bonds is 5. The Morgan fingerprint density at radius 3 is 2.60 bits per heavy atom. The third kappa shape index (κ3) is 3.87. The van der Waals surface area contributed by atoms with E-state index in [1.54, 1.807) is 18.2 Å². The van der Waals surface area contributed by atoms with E-state index in [1.807, 2.05) is 26.8 Å². The van der Waals surface area contributed by atoms with Gasteiger partial charge in [-0.15, -0.1) is 0 Å². The Balaban J connectivity index is 1.60. The molecule has 1 saturated carbocycles. The first-order chi connectivity index (χ1) is 11.9. The Morgan fingerprint density at radius 1 is 1.24 bits per heavy atom. The van der Waals surface area contributed by atoms with Crippen LogP contribution in [0.2, 0.25) is 5.02 Å². The number of hydrogen-bond acceptors (Lipinski definition) is 3. The van der Waals surface area contributed by atoms with Gasteiger partial charge in [-0.2, -0.15) is 0 Å². The molecule has 1 N–H and O–H groups in total. The van der Waals surface area contributed by atoms with E-state index in [0.29, 0.717) is 22.3 Å². The second-order valence-electron chi connectivity index (χ2n) is 6.47. The highest BCUT2D eigenvalue weighted by Gasteiger charge is 2.28. The van der Waals surface area contributed by atoms with Crippen LogP contribution in [-0.4, -0.2) is 23.1 Å². The van der Waals surface area contributed by atoms with E-state index in [2.05, 4.69) is 9.88 Å². The van der Waals surface area contributed by atoms with Gasteiger partial charge in [0.15, 0.2) is 6.61 Å². The Labute approximate surface area is 151 Å². The van der Waals surface area contributed by atoms with Gasteiger partial charge in [-0.3, -0.25) is 4.79 Å². The zero-order chi connectivity index (χ0) is 18.1. The maximum absolute atomic E-state index is 12.3. The lowest BCUT2D eigenvalue weighted by atomic mass is 10.2. The molecule has 1 aliphatic rings. The molecule has 2 aromatic rings. The van der Waals surface area contributed by atoms with Crippen LogP contribution in [-0.2, 0) is 9.53 Å². The number of benzene rings is 1. The van der Waals surface area contributed by atoms with Gasteiger partial charge in [-0.25, -0.2) is 4.79 Å². The maximum Gasteiger partial charge on any atom is 0.340 e. The van der Waals surface area contributed by atoms with Gasteiger partial charge in [0.1, 0.15) is 0 Å². The summed E-state index contributed by atoms with van der Waals surface area (Å²) in [5.74, 6) is -0.849. The molecule has 1 heterocycles. The van der Waals surface area contributed by atoms with E-state index in [4.69, 9.17) is 16.3 Å². The number of nitrogens with zero attached hydrogens (tertiary/aromatic N) is 1. The smallest absolute Gasteiger partial charge is 0.340 e. The van der Waals surface area contributed by atoms with Crippen molar-refractivity contribution in [1.82, 2.24) is 4.57 Å². The third-order valence-electron chi connectivity index (χ3n) is 4.41. The predicted octanol–water partition coefficient (Wildman–Crippen LogP) is 4.20. The summed E-state index contributed by atoms with van der Waals surface area (Å²) in [6.07, 6.45) is 2.29. The van der Waals surface area contributed by atoms with Gasteiger partial charge >= 0.3 is 5.97 Å². The van der Waals surface area contributed by atoms with Crippen LogP contribution in [0.1, 0.15) is 46.2 Å². The molecule has 0 aliphatic heterocycles. The maximum atomic E-state index is 12.3. The van der Waals surface area contributed by atoms with Crippen LogP contribution in [0.15, 0.2) is 24.3 Å². The lowest BCUT2D eigenvalue weighted by Gasteiger charge is -2.10. The molecule has 0 unspecified atom stereocenters. The SMILES string of the molecule is Cc1cc(Cl)ccc1NC(=O)COC(=O)c1cc(C)n(C2CC2)c1C. The second kappa shape index (κ2) is 6.92. The summed E-state index contributed by atoms with van der Waals surface area (Å²) in [5, 5.41) is 3.33. The van der Waals surface area contributed by atoms with Crippen molar-refractivity contribution in [3.05, 3.63) is 51.8 Å². The van der Waals surface area contributed by atoms with E-state index in [0.717, 1.165) is 29.8 Å². The van der Waals surface area contributed by atoms with Gasteiger partial charge in [0, 0.05) is 28.1 Å². The van der Waals surface area contributed by atoms with Crippen molar-refractivity contribution in [2.75, 3.05) is 11.9 Å². The van der Waals surface area contributed by atoms with Crippen molar-refractivity contribution in [3.63, 3.8) is 0 Å². The van der Waals surface area contributed by atoms with Gasteiger partial charge in [0.2, 0.25) is 0 Å². The quantitative estimate of drug-likeness (QED) is 0.813. The van der Waals surface area contributed by atoms with Crippen LogP contribution >= 0.6 is 11.6 Å². The number of aromatic nitrogens is 1. The molecule has 1 fully saturated rings. The van der Waals surface area contributed by atoms with Gasteiger partial charge in [0.05, 0.1) is 5.56 Å². The Kier molecular flexibility index (Phi) is 4.86. The minimum absolute atomic E-state index is 0.325. The molecule has 3 rings (SSSR count). The molecule has 1 aromatic carbocycles. The Bertz CT molecular complexity index is 837. The molecular formula is C19H21ClN2O3. The van der Waals surface area contributed by atoms with E-state index in [1.165, 1.54) is 0 Å². The number of esters is 1. The number of ether oxygens (including phenoxy) is 1. The van der Waals surface area contributed by atoms with E-state index in [-0.39, 0.29) is 12.5 Å². The number of amides is 1. The summed E-state index contributed by atoms with van der Waals surface area (Å²) in [6.45, 7) is 5.42. The first kappa shape index (κ1) is 17.5. The predicted molar refractivity (Wildman–Crippen MR) is 97.3 cm³/mol. The summed E-state index contributed by atoms with van der Waals surface area (Å²) in [6, 6.07) is 7.51. The molecule has 1 aliphatic carbocycles. The van der Waals surface area contributed by atoms with E-state index >= 15 is 0 Å². The van der Waals surface area contributed by atoms with Crippen LogP contribution in [0.3, 0.4) is 0 Å². The van der Waals surface area contributed by atoms with Crippen molar-refractivity contribution in [1.29, 1.82) is 0 Å². The lowest BCUT2D eigenvalue weighted by Crippen LogP contribution is -2.21. The van der Waals surface area contributed by atoms with E-state index < -0.39 is 5.97 Å². The molecule has 132 valence electrons. The molecule has 0 bridgehead atoms. The van der Waals surface area contributed by atoms with Crippen LogP contribution in [0.25, 0.3) is 0 Å². The van der Waals surface area contributed by atoms with Crippen molar-refractivity contribution >= 4 is 29.2 Å². The fourth-order valence-electron chi connectivity index (χ4n) is 3.04. The molecule has 1 aromatic heterocycles. The molecule has 25 heavy (non-hydrogen) atoms. The Morgan fingerprint density at radius 2 is 1.96 bits per heavy atom. The summed E-state index contributed by atoms with van der Waals surface area (Å²) in [7, 11) is 0. The zero-order valence-electron chi connectivity index (χ0n) is 14.6. The molecule has 1 amide bonds. The fourth-order valence-corrected chi connectivity index (χ4v) is 3.27. The largest absolute Gasteiger partial charge is 0.452 e. The first-order valence-corrected chi connectivity index (χ1v) is 8.66. The van der Waals surface area contributed by atoms with Gasteiger partial charge in [-0.1, -0.05) is 11.6 Å². The normalized spacial score (nSPS) is 13.6. The highest BCUT2D eigenvalue weighted by atomic mass is 35.5. The summed E-state index contributed by atoms with van der Waals surface area (Å²) in [4.78, 5) is 24.3. The molecular weight excluding hydrogens is 340 g/mol. The van der Waals surface area contributed by atoms with Crippen LogP contribution in [0, 0.1) is 20.8 Å². The highest BCUT2D eigenvalue weighted by molar-refractivity contribution is 6.30. The van der Waals surface area contributed by atoms with Gasteiger partial charge in [0.25, 0.3) is 5.91 Å².